The van der Waals surface area contributed by atoms with Crippen molar-refractivity contribution in [3.05, 3.63) is 58.3 Å². The normalized spacial score (nSPS) is 23.0. The molecule has 2 heterocycles. The van der Waals surface area contributed by atoms with E-state index in [0.29, 0.717) is 12.3 Å². The topological polar surface area (TPSA) is 61.8 Å². The molecule has 0 radical (unpaired) electrons. The van der Waals surface area contributed by atoms with Gasteiger partial charge in [-0.3, -0.25) is 9.59 Å². The van der Waals surface area contributed by atoms with Crippen LogP contribution in [0, 0.1) is 5.92 Å². The highest BCUT2D eigenvalue weighted by Gasteiger charge is 2.35. The largest absolute Gasteiger partial charge is 0.469 e. The van der Waals surface area contributed by atoms with Crippen LogP contribution < -0.4 is 0 Å². The molecule has 1 unspecified atom stereocenters. The number of thiophene rings is 1. The minimum absolute atomic E-state index is 0.00268. The summed E-state index contributed by atoms with van der Waals surface area (Å²) >= 11 is 1.68. The first-order valence-electron chi connectivity index (χ1n) is 9.49. The van der Waals surface area contributed by atoms with E-state index in [0.717, 1.165) is 12.8 Å². The average Bonchev–Trinajstić information content (AvgIpc) is 3.28. The Labute approximate surface area is 169 Å². The molecule has 1 aliphatic heterocycles. The molecular weight excluding hydrogens is 376 g/mol. The Kier molecular flexibility index (Phi) is 7.23. The zero-order valence-corrected chi connectivity index (χ0v) is 17.0. The summed E-state index contributed by atoms with van der Waals surface area (Å²) in [5.74, 6) is -1.05. The maximum atomic E-state index is 12.2. The van der Waals surface area contributed by atoms with Gasteiger partial charge in [0.15, 0.2) is 0 Å². The van der Waals surface area contributed by atoms with Crippen molar-refractivity contribution in [1.82, 2.24) is 0 Å². The first-order chi connectivity index (χ1) is 13.6. The van der Waals surface area contributed by atoms with Crippen LogP contribution in [0.1, 0.15) is 48.1 Å². The lowest BCUT2D eigenvalue weighted by molar-refractivity contribution is -0.154. The van der Waals surface area contributed by atoms with Crippen molar-refractivity contribution in [3.63, 3.8) is 0 Å². The van der Waals surface area contributed by atoms with Crippen LogP contribution in [0.5, 0.6) is 0 Å². The van der Waals surface area contributed by atoms with Gasteiger partial charge in [-0.05, 0) is 42.2 Å². The van der Waals surface area contributed by atoms with E-state index in [1.165, 1.54) is 24.7 Å². The standard InChI is InChI=1S/C22H26O5S/c1-25-21(23)14-17(22(24)26-2)12-18-11-16(15-7-4-3-5-8-15)13-19(27-18)20-9-6-10-28-20/h3-10,16-19H,11-14H2,1-2H3/t16-,17?,18-,19-/m0/s1. The molecule has 0 bridgehead atoms. The van der Waals surface area contributed by atoms with Crippen molar-refractivity contribution in [2.24, 2.45) is 5.92 Å². The van der Waals surface area contributed by atoms with Crippen LogP contribution >= 0.6 is 11.3 Å². The number of methoxy groups -OCH3 is 2. The lowest BCUT2D eigenvalue weighted by atomic mass is 9.82. The summed E-state index contributed by atoms with van der Waals surface area (Å²) in [6.07, 6.45) is 2.00. The summed E-state index contributed by atoms with van der Waals surface area (Å²) in [5, 5.41) is 2.05. The van der Waals surface area contributed by atoms with E-state index in [4.69, 9.17) is 14.2 Å². The Bertz CT molecular complexity index is 758. The SMILES string of the molecule is COC(=O)CC(C[C@@H]1C[C@H](c2ccccc2)C[C@@H](c2cccs2)O1)C(=O)OC. The maximum absolute atomic E-state index is 12.2. The van der Waals surface area contributed by atoms with Gasteiger partial charge in [0.05, 0.1) is 38.8 Å². The quantitative estimate of drug-likeness (QED) is 0.639. The van der Waals surface area contributed by atoms with Gasteiger partial charge < -0.3 is 14.2 Å². The lowest BCUT2D eigenvalue weighted by Gasteiger charge is -2.36. The Morgan fingerprint density at radius 2 is 1.89 bits per heavy atom. The number of carbonyl (C=O) groups excluding carboxylic acids is 2. The third kappa shape index (κ3) is 5.20. The van der Waals surface area contributed by atoms with Gasteiger partial charge in [0.1, 0.15) is 0 Å². The Hall–Kier alpha value is -2.18. The van der Waals surface area contributed by atoms with E-state index in [2.05, 4.69) is 30.3 Å². The summed E-state index contributed by atoms with van der Waals surface area (Å²) in [7, 11) is 2.67. The van der Waals surface area contributed by atoms with E-state index in [1.807, 2.05) is 17.5 Å². The van der Waals surface area contributed by atoms with Gasteiger partial charge >= 0.3 is 11.9 Å². The second-order valence-corrected chi connectivity index (χ2v) is 8.06. The van der Waals surface area contributed by atoms with E-state index in [1.54, 1.807) is 11.3 Å². The van der Waals surface area contributed by atoms with E-state index >= 15 is 0 Å². The van der Waals surface area contributed by atoms with Crippen LogP contribution in [0.15, 0.2) is 47.8 Å². The summed E-state index contributed by atoms with van der Waals surface area (Å²) in [6, 6.07) is 14.5. The van der Waals surface area contributed by atoms with Crippen LogP contribution in [0.3, 0.4) is 0 Å². The molecule has 2 aromatic rings. The molecule has 1 fully saturated rings. The Balaban J connectivity index is 1.79. The molecule has 0 spiro atoms. The minimum Gasteiger partial charge on any atom is -0.469 e. The molecule has 28 heavy (non-hydrogen) atoms. The molecule has 1 aromatic heterocycles. The molecule has 0 aliphatic carbocycles. The number of benzene rings is 1. The first kappa shape index (κ1) is 20.6. The number of hydrogen-bond donors (Lipinski definition) is 0. The van der Waals surface area contributed by atoms with Crippen LogP contribution in [0.25, 0.3) is 0 Å². The molecule has 0 N–H and O–H groups in total. The third-order valence-electron chi connectivity index (χ3n) is 5.26. The van der Waals surface area contributed by atoms with E-state index in [9.17, 15) is 9.59 Å². The van der Waals surface area contributed by atoms with E-state index in [-0.39, 0.29) is 18.6 Å². The highest BCUT2D eigenvalue weighted by Crippen LogP contribution is 2.43. The fraction of sp³-hybridized carbons (Fsp3) is 0.455. The third-order valence-corrected chi connectivity index (χ3v) is 6.22. The number of rotatable bonds is 7. The summed E-state index contributed by atoms with van der Waals surface area (Å²) < 4.78 is 16.0. The fourth-order valence-corrected chi connectivity index (χ4v) is 4.63. The van der Waals surface area contributed by atoms with Gasteiger partial charge in [0.2, 0.25) is 0 Å². The van der Waals surface area contributed by atoms with Crippen LogP contribution in [0.2, 0.25) is 0 Å². The molecule has 6 heteroatoms. The van der Waals surface area contributed by atoms with Crippen LogP contribution in [-0.4, -0.2) is 32.3 Å². The smallest absolute Gasteiger partial charge is 0.309 e. The van der Waals surface area contributed by atoms with Gasteiger partial charge in [-0.15, -0.1) is 11.3 Å². The van der Waals surface area contributed by atoms with Crippen molar-refractivity contribution in [2.45, 2.75) is 43.8 Å². The predicted molar refractivity (Wildman–Crippen MR) is 107 cm³/mol. The van der Waals surface area contributed by atoms with Crippen LogP contribution in [0.4, 0.5) is 0 Å². The summed E-state index contributed by atoms with van der Waals surface area (Å²) in [5.41, 5.74) is 1.28. The van der Waals surface area contributed by atoms with Crippen molar-refractivity contribution in [2.75, 3.05) is 14.2 Å². The molecule has 5 nitrogen and oxygen atoms in total. The zero-order valence-electron chi connectivity index (χ0n) is 16.2. The summed E-state index contributed by atoms with van der Waals surface area (Å²) in [4.78, 5) is 25.2. The molecule has 1 aromatic carbocycles. The molecular formula is C22H26O5S. The molecule has 0 saturated carbocycles. The predicted octanol–water partition coefficient (Wildman–Crippen LogP) is 4.49. The fourth-order valence-electron chi connectivity index (χ4n) is 3.85. The number of ether oxygens (including phenoxy) is 3. The Morgan fingerprint density at radius 3 is 2.54 bits per heavy atom. The van der Waals surface area contributed by atoms with Crippen molar-refractivity contribution >= 4 is 23.3 Å². The number of esters is 2. The molecule has 150 valence electrons. The first-order valence-corrected chi connectivity index (χ1v) is 10.4. The molecule has 4 atom stereocenters. The van der Waals surface area contributed by atoms with Crippen molar-refractivity contribution < 1.29 is 23.8 Å². The van der Waals surface area contributed by atoms with Gasteiger partial charge in [-0.25, -0.2) is 0 Å². The van der Waals surface area contributed by atoms with Crippen molar-refractivity contribution in [1.29, 1.82) is 0 Å². The van der Waals surface area contributed by atoms with Gasteiger partial charge in [-0.2, -0.15) is 0 Å². The maximum Gasteiger partial charge on any atom is 0.309 e. The Morgan fingerprint density at radius 1 is 1.11 bits per heavy atom. The van der Waals surface area contributed by atoms with Gasteiger partial charge in [0, 0.05) is 4.88 Å². The zero-order chi connectivity index (χ0) is 19.9. The molecule has 0 amide bonds. The molecule has 3 rings (SSSR count). The number of carbonyl (C=O) groups is 2. The molecule has 1 saturated heterocycles. The number of hydrogen-bond acceptors (Lipinski definition) is 6. The van der Waals surface area contributed by atoms with Gasteiger partial charge in [-0.1, -0.05) is 36.4 Å². The van der Waals surface area contributed by atoms with E-state index < -0.39 is 17.9 Å². The lowest BCUT2D eigenvalue weighted by Crippen LogP contribution is -2.32. The second kappa shape index (κ2) is 9.85. The monoisotopic (exact) mass is 402 g/mol. The second-order valence-electron chi connectivity index (χ2n) is 7.08. The molecule has 1 aliphatic rings. The summed E-state index contributed by atoms with van der Waals surface area (Å²) in [6.45, 7) is 0. The van der Waals surface area contributed by atoms with Crippen molar-refractivity contribution in [3.8, 4) is 0 Å². The van der Waals surface area contributed by atoms with Crippen LogP contribution in [-0.2, 0) is 23.8 Å². The average molecular weight is 403 g/mol. The highest BCUT2D eigenvalue weighted by molar-refractivity contribution is 7.10. The highest BCUT2D eigenvalue weighted by atomic mass is 32.1. The van der Waals surface area contributed by atoms with Gasteiger partial charge in [0.25, 0.3) is 0 Å². The minimum atomic E-state index is -0.569.